The number of nitrogens with zero attached hydrogens (tertiary/aromatic N) is 1. The molecule has 1 N–H and O–H groups in total. The van der Waals surface area contributed by atoms with Gasteiger partial charge < -0.3 is 15.0 Å². The van der Waals surface area contributed by atoms with E-state index in [4.69, 9.17) is 4.74 Å². The van der Waals surface area contributed by atoms with E-state index in [0.717, 1.165) is 12.8 Å². The summed E-state index contributed by atoms with van der Waals surface area (Å²) in [7, 11) is 1.90. The molecule has 4 nitrogen and oxygen atoms in total. The van der Waals surface area contributed by atoms with Crippen LogP contribution in [0.1, 0.15) is 25.7 Å². The second-order valence-corrected chi connectivity index (χ2v) is 5.26. The van der Waals surface area contributed by atoms with E-state index in [9.17, 15) is 4.79 Å². The average Bonchev–Trinajstić information content (AvgIpc) is 3.05. The molecule has 1 aliphatic heterocycles. The molecule has 1 saturated carbocycles. The summed E-state index contributed by atoms with van der Waals surface area (Å²) in [6.45, 7) is 5.63. The number of amides is 1. The molecule has 102 valence electrons. The van der Waals surface area contributed by atoms with E-state index in [1.165, 1.54) is 12.8 Å². The van der Waals surface area contributed by atoms with Crippen LogP contribution >= 0.6 is 0 Å². The third-order valence-electron chi connectivity index (χ3n) is 4.14. The maximum atomic E-state index is 12.6. The smallest absolute Gasteiger partial charge is 0.230 e. The summed E-state index contributed by atoms with van der Waals surface area (Å²) in [6.07, 6.45) is 6.58. The third kappa shape index (κ3) is 2.75. The van der Waals surface area contributed by atoms with Crippen molar-refractivity contribution in [3.8, 4) is 0 Å². The van der Waals surface area contributed by atoms with Crippen molar-refractivity contribution in [1.82, 2.24) is 10.2 Å². The number of rotatable bonds is 5. The van der Waals surface area contributed by atoms with Crippen molar-refractivity contribution in [3.05, 3.63) is 12.7 Å². The highest BCUT2D eigenvalue weighted by Gasteiger charge is 2.37. The van der Waals surface area contributed by atoms with Crippen molar-refractivity contribution in [2.75, 3.05) is 26.8 Å². The average molecular weight is 252 g/mol. The Hall–Kier alpha value is -0.870. The molecule has 1 aliphatic carbocycles. The number of likely N-dealkylation sites (N-methyl/N-ethyl adjacent to an activating group) is 1. The van der Waals surface area contributed by atoms with Gasteiger partial charge in [0.05, 0.1) is 19.1 Å². The van der Waals surface area contributed by atoms with E-state index in [1.807, 2.05) is 18.0 Å². The second kappa shape index (κ2) is 6.34. The summed E-state index contributed by atoms with van der Waals surface area (Å²) >= 11 is 0. The molecule has 0 aromatic rings. The van der Waals surface area contributed by atoms with Gasteiger partial charge in [-0.25, -0.2) is 0 Å². The first-order valence-electron chi connectivity index (χ1n) is 6.94. The molecule has 0 aromatic heterocycles. The molecule has 4 heteroatoms. The van der Waals surface area contributed by atoms with E-state index in [1.54, 1.807) is 0 Å². The minimum absolute atomic E-state index is 0.0319. The fourth-order valence-electron chi connectivity index (χ4n) is 3.07. The Morgan fingerprint density at radius 3 is 2.78 bits per heavy atom. The lowest BCUT2D eigenvalue weighted by Gasteiger charge is -2.31. The van der Waals surface area contributed by atoms with Crippen molar-refractivity contribution >= 4 is 5.91 Å². The van der Waals surface area contributed by atoms with Gasteiger partial charge in [-0.1, -0.05) is 18.9 Å². The van der Waals surface area contributed by atoms with Crippen LogP contribution in [0.4, 0.5) is 0 Å². The first-order valence-corrected chi connectivity index (χ1v) is 6.94. The monoisotopic (exact) mass is 252 g/mol. The van der Waals surface area contributed by atoms with Crippen molar-refractivity contribution in [1.29, 1.82) is 0 Å². The Labute approximate surface area is 109 Å². The van der Waals surface area contributed by atoms with E-state index in [-0.39, 0.29) is 17.9 Å². The highest BCUT2D eigenvalue weighted by molar-refractivity contribution is 5.80. The summed E-state index contributed by atoms with van der Waals surface area (Å²) < 4.78 is 5.44. The Morgan fingerprint density at radius 2 is 2.17 bits per heavy atom. The molecule has 2 fully saturated rings. The molecular weight excluding hydrogens is 228 g/mol. The number of hydrogen-bond donors (Lipinski definition) is 1. The fourth-order valence-corrected chi connectivity index (χ4v) is 3.07. The minimum atomic E-state index is -0.0319. The van der Waals surface area contributed by atoms with Crippen LogP contribution in [0.5, 0.6) is 0 Å². The van der Waals surface area contributed by atoms with Gasteiger partial charge >= 0.3 is 0 Å². The second-order valence-electron chi connectivity index (χ2n) is 5.26. The van der Waals surface area contributed by atoms with Crippen LogP contribution in [0.3, 0.4) is 0 Å². The predicted molar refractivity (Wildman–Crippen MR) is 71.3 cm³/mol. The molecule has 1 heterocycles. The van der Waals surface area contributed by atoms with Gasteiger partial charge in [-0.2, -0.15) is 0 Å². The Bertz CT molecular complexity index is 300. The quantitative estimate of drug-likeness (QED) is 0.747. The molecule has 0 spiro atoms. The number of carbonyl (C=O) groups excluding carboxylic acids is 1. The maximum absolute atomic E-state index is 12.6. The van der Waals surface area contributed by atoms with Crippen LogP contribution in [0.15, 0.2) is 12.7 Å². The van der Waals surface area contributed by atoms with Crippen molar-refractivity contribution in [2.24, 2.45) is 5.92 Å². The van der Waals surface area contributed by atoms with E-state index < -0.39 is 0 Å². The lowest BCUT2D eigenvalue weighted by atomic mass is 10.0. The summed E-state index contributed by atoms with van der Waals surface area (Å²) in [5, 5.41) is 3.18. The summed E-state index contributed by atoms with van der Waals surface area (Å²) in [6, 6.07) is 0.569. The van der Waals surface area contributed by atoms with Crippen molar-refractivity contribution in [2.45, 2.75) is 37.8 Å². The van der Waals surface area contributed by atoms with Gasteiger partial charge in [0.2, 0.25) is 5.91 Å². The zero-order valence-corrected chi connectivity index (χ0v) is 11.2. The number of ether oxygens (including phenoxy) is 1. The normalized spacial score (nSPS) is 28.5. The van der Waals surface area contributed by atoms with Crippen LogP contribution in [0.25, 0.3) is 0 Å². The maximum Gasteiger partial charge on any atom is 0.230 e. The van der Waals surface area contributed by atoms with Crippen LogP contribution in [-0.2, 0) is 9.53 Å². The predicted octanol–water partition coefficient (Wildman–Crippen LogP) is 1.18. The Morgan fingerprint density at radius 1 is 1.44 bits per heavy atom. The molecule has 0 bridgehead atoms. The van der Waals surface area contributed by atoms with Crippen molar-refractivity contribution in [3.63, 3.8) is 0 Å². The summed E-state index contributed by atoms with van der Waals surface area (Å²) in [5.74, 6) is 0.203. The molecule has 0 radical (unpaired) electrons. The number of carbonyl (C=O) groups is 1. The molecular formula is C14H24N2O2. The zero-order valence-electron chi connectivity index (χ0n) is 11.2. The van der Waals surface area contributed by atoms with Gasteiger partial charge in [0.25, 0.3) is 0 Å². The Kier molecular flexibility index (Phi) is 4.78. The van der Waals surface area contributed by atoms with Gasteiger partial charge in [-0.15, -0.1) is 6.58 Å². The fraction of sp³-hybridized carbons (Fsp3) is 0.786. The van der Waals surface area contributed by atoms with Crippen LogP contribution in [-0.4, -0.2) is 49.7 Å². The molecule has 1 saturated heterocycles. The standard InChI is InChI=1S/C14H24N2O2/c1-3-8-16(11-6-4-5-7-11)14(17)12-9-18-10-13(12)15-2/h3,11-13,15H,1,4-10H2,2H3. The molecule has 2 rings (SSSR count). The first kappa shape index (κ1) is 13.6. The van der Waals surface area contributed by atoms with Gasteiger partial charge in [0.15, 0.2) is 0 Å². The number of hydrogen-bond acceptors (Lipinski definition) is 3. The highest BCUT2D eigenvalue weighted by Crippen LogP contribution is 2.26. The lowest BCUT2D eigenvalue weighted by Crippen LogP contribution is -2.48. The SMILES string of the molecule is C=CCN(C(=O)C1COCC1NC)C1CCCC1. The van der Waals surface area contributed by atoms with E-state index in [2.05, 4.69) is 11.9 Å². The molecule has 18 heavy (non-hydrogen) atoms. The van der Waals surface area contributed by atoms with Crippen LogP contribution < -0.4 is 5.32 Å². The van der Waals surface area contributed by atoms with Gasteiger partial charge in [-0.3, -0.25) is 4.79 Å². The topological polar surface area (TPSA) is 41.6 Å². The first-order chi connectivity index (χ1) is 8.77. The largest absolute Gasteiger partial charge is 0.379 e. The molecule has 1 amide bonds. The lowest BCUT2D eigenvalue weighted by molar-refractivity contribution is -0.137. The van der Waals surface area contributed by atoms with E-state index >= 15 is 0 Å². The van der Waals surface area contributed by atoms with E-state index in [0.29, 0.717) is 25.8 Å². The van der Waals surface area contributed by atoms with Gasteiger partial charge in [0.1, 0.15) is 0 Å². The summed E-state index contributed by atoms with van der Waals surface area (Å²) in [5.41, 5.74) is 0. The zero-order chi connectivity index (χ0) is 13.0. The molecule has 0 aromatic carbocycles. The van der Waals surface area contributed by atoms with Gasteiger partial charge in [0, 0.05) is 18.6 Å². The third-order valence-corrected chi connectivity index (χ3v) is 4.14. The minimum Gasteiger partial charge on any atom is -0.379 e. The summed E-state index contributed by atoms with van der Waals surface area (Å²) in [4.78, 5) is 14.7. The Balaban J connectivity index is 2.04. The van der Waals surface area contributed by atoms with Crippen LogP contribution in [0.2, 0.25) is 0 Å². The number of nitrogens with one attached hydrogen (secondary N) is 1. The van der Waals surface area contributed by atoms with Crippen LogP contribution in [0, 0.1) is 5.92 Å². The van der Waals surface area contributed by atoms with Crippen molar-refractivity contribution < 1.29 is 9.53 Å². The molecule has 2 unspecified atom stereocenters. The molecule has 2 atom stereocenters. The molecule has 2 aliphatic rings. The van der Waals surface area contributed by atoms with Gasteiger partial charge in [-0.05, 0) is 19.9 Å². The highest BCUT2D eigenvalue weighted by atomic mass is 16.5.